The zero-order chi connectivity index (χ0) is 26.8. The molecule has 0 saturated heterocycles. The third-order valence-corrected chi connectivity index (χ3v) is 8.74. The predicted octanol–water partition coefficient (Wildman–Crippen LogP) is 11.9. The summed E-state index contributed by atoms with van der Waals surface area (Å²) < 4.78 is 0. The molecule has 0 amide bonds. The smallest absolute Gasteiger partial charge is 0.000741 e. The van der Waals surface area contributed by atoms with Gasteiger partial charge in [0, 0.05) is 0 Å². The van der Waals surface area contributed by atoms with Crippen LogP contribution in [0, 0.1) is 13.8 Å². The van der Waals surface area contributed by atoms with Gasteiger partial charge in [-0.25, -0.2) is 0 Å². The second-order valence-electron chi connectivity index (χ2n) is 11.0. The highest BCUT2D eigenvalue weighted by Gasteiger charge is 2.31. The van der Waals surface area contributed by atoms with E-state index in [-0.39, 0.29) is 7.43 Å². The van der Waals surface area contributed by atoms with Gasteiger partial charge in [0.15, 0.2) is 0 Å². The Kier molecular flexibility index (Phi) is 5.87. The molecule has 0 fully saturated rings. The monoisotopic (exact) mass is 524 g/mol. The van der Waals surface area contributed by atoms with E-state index >= 15 is 0 Å². The molecule has 0 radical (unpaired) electrons. The van der Waals surface area contributed by atoms with E-state index in [1.165, 1.54) is 88.3 Å². The number of hydrogen-bond acceptors (Lipinski definition) is 0. The normalized spacial score (nSPS) is 11.5. The first kappa shape index (κ1) is 25.1. The summed E-state index contributed by atoms with van der Waals surface area (Å²) in [5, 5.41) is 5.27. The standard InChI is InChI=1S/C40H28.CH4/c1-25-20-21-29(24-26(25)2)30-22-23-35-38-31(30)18-11-19-34(38)39-36(27-12-5-3-6-13-27)32-16-9-10-17-33(32)37(40(35)39)28-14-7-4-8-15-28;/h3-24H,1-2H3;1H4. The van der Waals surface area contributed by atoms with Crippen molar-refractivity contribution in [3.63, 3.8) is 0 Å². The first-order chi connectivity index (χ1) is 19.7. The Labute approximate surface area is 242 Å². The van der Waals surface area contributed by atoms with Crippen molar-refractivity contribution in [1.29, 1.82) is 0 Å². The minimum Gasteiger partial charge on any atom is -0.0776 e. The largest absolute Gasteiger partial charge is 0.0776 e. The van der Waals surface area contributed by atoms with Gasteiger partial charge < -0.3 is 0 Å². The summed E-state index contributed by atoms with van der Waals surface area (Å²) in [6.07, 6.45) is 0. The van der Waals surface area contributed by atoms with E-state index in [0.717, 1.165) is 0 Å². The number of benzene rings is 7. The maximum Gasteiger partial charge on any atom is -0.000741 e. The third kappa shape index (κ3) is 3.68. The molecular formula is C41H32. The van der Waals surface area contributed by atoms with Crippen LogP contribution in [0.5, 0.6) is 0 Å². The molecule has 0 heterocycles. The molecule has 196 valence electrons. The summed E-state index contributed by atoms with van der Waals surface area (Å²) in [5.74, 6) is 0. The van der Waals surface area contributed by atoms with Crippen molar-refractivity contribution < 1.29 is 0 Å². The Hall–Kier alpha value is -4.94. The molecular weight excluding hydrogens is 492 g/mol. The van der Waals surface area contributed by atoms with Gasteiger partial charge in [-0.1, -0.05) is 141 Å². The summed E-state index contributed by atoms with van der Waals surface area (Å²) in [6.45, 7) is 4.39. The van der Waals surface area contributed by atoms with Crippen LogP contribution in [0.3, 0.4) is 0 Å². The zero-order valence-electron chi connectivity index (χ0n) is 22.7. The molecule has 41 heavy (non-hydrogen) atoms. The first-order valence-corrected chi connectivity index (χ1v) is 14.0. The lowest BCUT2D eigenvalue weighted by atomic mass is 9.82. The Morgan fingerprint density at radius 2 is 0.854 bits per heavy atom. The zero-order valence-corrected chi connectivity index (χ0v) is 22.7. The van der Waals surface area contributed by atoms with Crippen LogP contribution in [0.25, 0.3) is 77.2 Å². The van der Waals surface area contributed by atoms with Gasteiger partial charge in [0.05, 0.1) is 0 Å². The minimum atomic E-state index is 0. The van der Waals surface area contributed by atoms with E-state index in [4.69, 9.17) is 0 Å². The predicted molar refractivity (Wildman–Crippen MR) is 178 cm³/mol. The van der Waals surface area contributed by atoms with E-state index in [2.05, 4.69) is 147 Å². The molecule has 0 N–H and O–H groups in total. The Morgan fingerprint density at radius 1 is 0.341 bits per heavy atom. The second-order valence-corrected chi connectivity index (χ2v) is 11.0. The molecule has 8 rings (SSSR count). The molecule has 7 aromatic rings. The van der Waals surface area contributed by atoms with Gasteiger partial charge in [-0.3, -0.25) is 0 Å². The van der Waals surface area contributed by atoms with Crippen molar-refractivity contribution in [2.75, 3.05) is 0 Å². The van der Waals surface area contributed by atoms with Crippen LogP contribution in [-0.2, 0) is 0 Å². The summed E-state index contributed by atoms with van der Waals surface area (Å²) in [5.41, 5.74) is 15.7. The highest BCUT2D eigenvalue weighted by Crippen LogP contribution is 2.58. The van der Waals surface area contributed by atoms with Crippen LogP contribution in [-0.4, -0.2) is 0 Å². The van der Waals surface area contributed by atoms with Crippen molar-refractivity contribution in [2.24, 2.45) is 0 Å². The molecule has 1 aliphatic rings. The summed E-state index contributed by atoms with van der Waals surface area (Å²) >= 11 is 0. The van der Waals surface area contributed by atoms with Crippen LogP contribution in [0.15, 0.2) is 133 Å². The lowest BCUT2D eigenvalue weighted by Crippen LogP contribution is -1.93. The molecule has 0 aromatic heterocycles. The van der Waals surface area contributed by atoms with E-state index in [0.29, 0.717) is 0 Å². The molecule has 0 saturated carbocycles. The average Bonchev–Trinajstić information content (AvgIpc) is 3.33. The van der Waals surface area contributed by atoms with E-state index in [9.17, 15) is 0 Å². The first-order valence-electron chi connectivity index (χ1n) is 14.0. The number of rotatable bonds is 3. The number of aryl methyl sites for hydroxylation is 2. The van der Waals surface area contributed by atoms with Gasteiger partial charge >= 0.3 is 0 Å². The summed E-state index contributed by atoms with van der Waals surface area (Å²) in [6, 6.07) is 49.3. The second kappa shape index (κ2) is 9.61. The van der Waals surface area contributed by atoms with Crippen LogP contribution in [0.2, 0.25) is 0 Å². The fraction of sp³-hybridized carbons (Fsp3) is 0.0732. The van der Waals surface area contributed by atoms with Crippen molar-refractivity contribution in [3.05, 3.63) is 145 Å². The van der Waals surface area contributed by atoms with E-state index in [1.54, 1.807) is 0 Å². The lowest BCUT2D eigenvalue weighted by Gasteiger charge is -2.20. The topological polar surface area (TPSA) is 0 Å². The highest BCUT2D eigenvalue weighted by molar-refractivity contribution is 6.28. The van der Waals surface area contributed by atoms with Gasteiger partial charge in [0.2, 0.25) is 0 Å². The Morgan fingerprint density at radius 3 is 1.44 bits per heavy atom. The molecule has 0 unspecified atom stereocenters. The minimum absolute atomic E-state index is 0. The Balaban J connectivity index is 0.00000276. The lowest BCUT2D eigenvalue weighted by molar-refractivity contribution is 1.34. The number of hydrogen-bond donors (Lipinski definition) is 0. The van der Waals surface area contributed by atoms with Crippen molar-refractivity contribution >= 4 is 21.5 Å². The number of fused-ring (bicyclic) bond motifs is 4. The quantitative estimate of drug-likeness (QED) is 0.216. The maximum atomic E-state index is 2.37. The third-order valence-electron chi connectivity index (χ3n) is 8.74. The molecule has 1 aliphatic carbocycles. The van der Waals surface area contributed by atoms with Crippen molar-refractivity contribution in [2.45, 2.75) is 21.3 Å². The molecule has 0 nitrogen and oxygen atoms in total. The van der Waals surface area contributed by atoms with Gasteiger partial charge in [-0.2, -0.15) is 0 Å². The molecule has 0 atom stereocenters. The van der Waals surface area contributed by atoms with E-state index in [1.807, 2.05) is 0 Å². The molecule has 0 bridgehead atoms. The van der Waals surface area contributed by atoms with Gasteiger partial charge in [0.25, 0.3) is 0 Å². The van der Waals surface area contributed by atoms with Gasteiger partial charge in [-0.05, 0) is 102 Å². The van der Waals surface area contributed by atoms with Crippen LogP contribution < -0.4 is 0 Å². The van der Waals surface area contributed by atoms with E-state index < -0.39 is 0 Å². The average molecular weight is 525 g/mol. The molecule has 7 aromatic carbocycles. The van der Waals surface area contributed by atoms with Crippen LogP contribution in [0.4, 0.5) is 0 Å². The SMILES string of the molecule is C.Cc1ccc(-c2ccc3c4c(cccc24)-c2c-3c(-c3ccccc3)c3ccccc3c2-c2ccccc2)cc1C. The fourth-order valence-electron chi connectivity index (χ4n) is 6.77. The van der Waals surface area contributed by atoms with Crippen molar-refractivity contribution in [1.82, 2.24) is 0 Å². The maximum absolute atomic E-state index is 2.37. The fourth-order valence-corrected chi connectivity index (χ4v) is 6.77. The van der Waals surface area contributed by atoms with Gasteiger partial charge in [-0.15, -0.1) is 0 Å². The molecule has 0 spiro atoms. The Bertz CT molecular complexity index is 2010. The van der Waals surface area contributed by atoms with Crippen molar-refractivity contribution in [3.8, 4) is 55.6 Å². The molecule has 0 aliphatic heterocycles. The highest BCUT2D eigenvalue weighted by atomic mass is 14.3. The van der Waals surface area contributed by atoms with Crippen LogP contribution >= 0.6 is 0 Å². The molecule has 0 heteroatoms. The summed E-state index contributed by atoms with van der Waals surface area (Å²) in [4.78, 5) is 0. The van der Waals surface area contributed by atoms with Crippen LogP contribution in [0.1, 0.15) is 18.6 Å². The van der Waals surface area contributed by atoms with Gasteiger partial charge in [0.1, 0.15) is 0 Å². The summed E-state index contributed by atoms with van der Waals surface area (Å²) in [7, 11) is 0.